The molecule has 0 N–H and O–H groups in total. The molecule has 1 aromatic rings. The topological polar surface area (TPSA) is 32.3 Å². The monoisotopic (exact) mass is 260 g/mol. The Morgan fingerprint density at radius 3 is 2.56 bits per heavy atom. The van der Waals surface area contributed by atoms with E-state index in [1.54, 1.807) is 0 Å². The third-order valence-corrected chi connectivity index (χ3v) is 3.84. The van der Waals surface area contributed by atoms with E-state index in [9.17, 15) is 0 Å². The molecule has 2 heterocycles. The standard InChI is InChI=1S/C10H17ClN4S/c1-14(2)7-8-3-5-15(6-4-8)10-9(11)12-16-13-10/h8H,3-7H2,1-2H3. The van der Waals surface area contributed by atoms with Gasteiger partial charge in [0.25, 0.3) is 0 Å². The SMILES string of the molecule is CN(C)CC1CCN(c2nsnc2Cl)CC1. The molecule has 0 unspecified atom stereocenters. The maximum Gasteiger partial charge on any atom is 0.187 e. The fourth-order valence-electron chi connectivity index (χ4n) is 2.21. The summed E-state index contributed by atoms with van der Waals surface area (Å²) < 4.78 is 8.24. The van der Waals surface area contributed by atoms with Gasteiger partial charge in [0.15, 0.2) is 11.0 Å². The number of hydrogen-bond acceptors (Lipinski definition) is 5. The summed E-state index contributed by atoms with van der Waals surface area (Å²) in [6.07, 6.45) is 2.43. The van der Waals surface area contributed by atoms with E-state index in [1.807, 2.05) is 0 Å². The lowest BCUT2D eigenvalue weighted by molar-refractivity contribution is 0.284. The van der Waals surface area contributed by atoms with E-state index < -0.39 is 0 Å². The molecule has 0 aromatic carbocycles. The van der Waals surface area contributed by atoms with Crippen LogP contribution < -0.4 is 4.90 Å². The van der Waals surface area contributed by atoms with Gasteiger partial charge in [-0.15, -0.1) is 0 Å². The first kappa shape index (κ1) is 12.1. The molecule has 90 valence electrons. The van der Waals surface area contributed by atoms with E-state index in [4.69, 9.17) is 11.6 Å². The first-order valence-electron chi connectivity index (χ1n) is 5.54. The lowest BCUT2D eigenvalue weighted by Crippen LogP contribution is -2.37. The van der Waals surface area contributed by atoms with Gasteiger partial charge in [-0.1, -0.05) is 11.6 Å². The van der Waals surface area contributed by atoms with Crippen molar-refractivity contribution in [2.45, 2.75) is 12.8 Å². The molecule has 0 saturated carbocycles. The minimum atomic E-state index is 0.552. The van der Waals surface area contributed by atoms with Crippen LogP contribution in [0.2, 0.25) is 5.15 Å². The van der Waals surface area contributed by atoms with Crippen molar-refractivity contribution in [3.63, 3.8) is 0 Å². The van der Waals surface area contributed by atoms with Gasteiger partial charge in [0.1, 0.15) is 0 Å². The predicted octanol–water partition coefficient (Wildman–Crippen LogP) is 1.97. The van der Waals surface area contributed by atoms with Gasteiger partial charge in [-0.3, -0.25) is 0 Å². The summed E-state index contributed by atoms with van der Waals surface area (Å²) in [6, 6.07) is 0. The highest BCUT2D eigenvalue weighted by molar-refractivity contribution is 6.99. The summed E-state index contributed by atoms with van der Waals surface area (Å²) in [4.78, 5) is 4.51. The number of rotatable bonds is 3. The number of piperidine rings is 1. The van der Waals surface area contributed by atoms with Crippen LogP contribution in [0.5, 0.6) is 0 Å². The zero-order valence-corrected chi connectivity index (χ0v) is 11.3. The van der Waals surface area contributed by atoms with Crippen molar-refractivity contribution < 1.29 is 0 Å². The van der Waals surface area contributed by atoms with Crippen LogP contribution in [0.25, 0.3) is 0 Å². The Bertz CT molecular complexity index is 333. The molecule has 0 spiro atoms. The normalized spacial score (nSPS) is 18.4. The zero-order chi connectivity index (χ0) is 11.5. The molecular formula is C10H17ClN4S. The maximum atomic E-state index is 5.98. The molecule has 0 atom stereocenters. The Morgan fingerprint density at radius 1 is 1.38 bits per heavy atom. The van der Waals surface area contributed by atoms with Crippen molar-refractivity contribution in [1.82, 2.24) is 13.6 Å². The molecule has 1 aliphatic rings. The van der Waals surface area contributed by atoms with Gasteiger partial charge >= 0.3 is 0 Å². The van der Waals surface area contributed by atoms with Crippen LogP contribution in [0.3, 0.4) is 0 Å². The van der Waals surface area contributed by atoms with Crippen LogP contribution >= 0.6 is 23.3 Å². The zero-order valence-electron chi connectivity index (χ0n) is 9.69. The fraction of sp³-hybridized carbons (Fsp3) is 0.800. The predicted molar refractivity (Wildman–Crippen MR) is 68.4 cm³/mol. The second-order valence-corrected chi connectivity index (χ2v) is 5.46. The molecule has 0 radical (unpaired) electrons. The second-order valence-electron chi connectivity index (χ2n) is 4.57. The summed E-state index contributed by atoms with van der Waals surface area (Å²) in [6.45, 7) is 3.27. The van der Waals surface area contributed by atoms with Crippen LogP contribution in [0, 0.1) is 5.92 Å². The Labute approximate surface area is 106 Å². The highest BCUT2D eigenvalue weighted by atomic mass is 35.5. The van der Waals surface area contributed by atoms with E-state index in [2.05, 4.69) is 32.6 Å². The van der Waals surface area contributed by atoms with Crippen LogP contribution in [0.15, 0.2) is 0 Å². The number of hydrogen-bond donors (Lipinski definition) is 0. The molecule has 0 bridgehead atoms. The number of halogens is 1. The van der Waals surface area contributed by atoms with Crippen molar-refractivity contribution in [1.29, 1.82) is 0 Å². The summed E-state index contributed by atoms with van der Waals surface area (Å²) in [5.74, 6) is 1.67. The van der Waals surface area contributed by atoms with E-state index in [-0.39, 0.29) is 0 Å². The minimum absolute atomic E-state index is 0.552. The Hall–Kier alpha value is -0.390. The van der Waals surface area contributed by atoms with Crippen molar-refractivity contribution in [3.05, 3.63) is 5.15 Å². The third kappa shape index (κ3) is 2.84. The lowest BCUT2D eigenvalue weighted by atomic mass is 9.96. The number of aromatic nitrogens is 2. The highest BCUT2D eigenvalue weighted by Gasteiger charge is 2.22. The second kappa shape index (κ2) is 5.29. The smallest absolute Gasteiger partial charge is 0.187 e. The van der Waals surface area contributed by atoms with Crippen molar-refractivity contribution in [2.75, 3.05) is 38.6 Å². The first-order valence-corrected chi connectivity index (χ1v) is 6.65. The van der Waals surface area contributed by atoms with Crippen molar-refractivity contribution >= 4 is 29.1 Å². The van der Waals surface area contributed by atoms with Gasteiger partial charge in [-0.2, -0.15) is 8.75 Å². The average Bonchev–Trinajstić information content (AvgIpc) is 2.65. The molecule has 1 fully saturated rings. The van der Waals surface area contributed by atoms with Crippen molar-refractivity contribution in [2.24, 2.45) is 5.92 Å². The molecule has 2 rings (SSSR count). The van der Waals surface area contributed by atoms with Crippen molar-refractivity contribution in [3.8, 4) is 0 Å². The molecule has 1 aromatic heterocycles. The van der Waals surface area contributed by atoms with Crippen LogP contribution in [0.1, 0.15) is 12.8 Å². The number of nitrogens with zero attached hydrogens (tertiary/aromatic N) is 4. The van der Waals surface area contributed by atoms with Gasteiger partial charge in [-0.05, 0) is 32.9 Å². The molecule has 1 saturated heterocycles. The third-order valence-electron chi connectivity index (χ3n) is 2.97. The average molecular weight is 261 g/mol. The molecule has 16 heavy (non-hydrogen) atoms. The molecule has 0 amide bonds. The van der Waals surface area contributed by atoms with E-state index in [0.29, 0.717) is 5.15 Å². The summed E-state index contributed by atoms with van der Waals surface area (Å²) in [7, 11) is 4.27. The highest BCUT2D eigenvalue weighted by Crippen LogP contribution is 2.27. The Kier molecular flexibility index (Phi) is 4.00. The van der Waals surface area contributed by atoms with E-state index in [1.165, 1.54) is 31.1 Å². The summed E-state index contributed by atoms with van der Waals surface area (Å²) >= 11 is 7.17. The van der Waals surface area contributed by atoms with Gasteiger partial charge in [0.2, 0.25) is 0 Å². The maximum absolute atomic E-state index is 5.98. The summed E-state index contributed by atoms with van der Waals surface area (Å²) in [5, 5.41) is 0.552. The minimum Gasteiger partial charge on any atom is -0.353 e. The molecule has 4 nitrogen and oxygen atoms in total. The largest absolute Gasteiger partial charge is 0.353 e. The van der Waals surface area contributed by atoms with Crippen LogP contribution in [0.4, 0.5) is 5.82 Å². The van der Waals surface area contributed by atoms with Crippen LogP contribution in [-0.2, 0) is 0 Å². The Balaban J connectivity index is 1.88. The first-order chi connectivity index (χ1) is 7.66. The molecule has 6 heteroatoms. The van der Waals surface area contributed by atoms with Gasteiger partial charge < -0.3 is 9.80 Å². The van der Waals surface area contributed by atoms with E-state index in [0.717, 1.165) is 24.8 Å². The molecule has 1 aliphatic heterocycles. The molecular weight excluding hydrogens is 244 g/mol. The fourth-order valence-corrected chi connectivity index (χ4v) is 2.98. The van der Waals surface area contributed by atoms with Crippen LogP contribution in [-0.4, -0.2) is 47.4 Å². The number of anilines is 1. The molecule has 0 aliphatic carbocycles. The lowest BCUT2D eigenvalue weighted by Gasteiger charge is -2.33. The quantitative estimate of drug-likeness (QED) is 0.832. The summed E-state index contributed by atoms with van der Waals surface area (Å²) in [5.41, 5.74) is 0. The van der Waals surface area contributed by atoms with Gasteiger partial charge in [-0.25, -0.2) is 0 Å². The van der Waals surface area contributed by atoms with E-state index >= 15 is 0 Å². The van der Waals surface area contributed by atoms with Gasteiger partial charge in [0.05, 0.1) is 11.7 Å². The Morgan fingerprint density at radius 2 is 2.06 bits per heavy atom. The van der Waals surface area contributed by atoms with Gasteiger partial charge in [0, 0.05) is 19.6 Å².